The lowest BCUT2D eigenvalue weighted by molar-refractivity contribution is 0.613. The Balaban J connectivity index is 0.00000182. The van der Waals surface area contributed by atoms with E-state index in [0.29, 0.717) is 0 Å². The molecule has 0 bridgehead atoms. The van der Waals surface area contributed by atoms with Crippen LogP contribution < -0.4 is 10.6 Å². The maximum absolute atomic E-state index is 4.76. The Morgan fingerprint density at radius 3 is 2.44 bits per heavy atom. The summed E-state index contributed by atoms with van der Waals surface area (Å²) in [6, 6.07) is 0. The van der Waals surface area contributed by atoms with Gasteiger partial charge in [-0.15, -0.1) is 24.8 Å². The van der Waals surface area contributed by atoms with Crippen LogP contribution in [0.25, 0.3) is 0 Å². The lowest BCUT2D eigenvalue weighted by Crippen LogP contribution is -2.17. The zero-order valence-electron chi connectivity index (χ0n) is 16.8. The Bertz CT molecular complexity index is 744. The summed E-state index contributed by atoms with van der Waals surface area (Å²) in [7, 11) is 0. The third-order valence-corrected chi connectivity index (χ3v) is 5.05. The van der Waals surface area contributed by atoms with E-state index in [-0.39, 0.29) is 24.8 Å². The van der Waals surface area contributed by atoms with Crippen LogP contribution in [0.15, 0.2) is 0 Å². The number of aromatic nitrogens is 4. The molecule has 3 rings (SSSR count). The maximum Gasteiger partial charge on any atom is 0.133 e. The fraction of sp³-hybridized carbons (Fsp3) is 0.632. The van der Waals surface area contributed by atoms with E-state index in [1.807, 2.05) is 0 Å². The summed E-state index contributed by atoms with van der Waals surface area (Å²) >= 11 is 0. The minimum atomic E-state index is 0. The van der Waals surface area contributed by atoms with Crippen LogP contribution in [-0.2, 0) is 32.2 Å². The number of hydrogen-bond acceptors (Lipinski definition) is 5. The lowest BCUT2D eigenvalue weighted by atomic mass is 10.1. The van der Waals surface area contributed by atoms with E-state index in [1.165, 1.54) is 22.5 Å². The van der Waals surface area contributed by atoms with Gasteiger partial charge in [0.05, 0.1) is 17.9 Å². The molecule has 27 heavy (non-hydrogen) atoms. The van der Waals surface area contributed by atoms with Gasteiger partial charge in [0.1, 0.15) is 11.6 Å². The average molecular weight is 415 g/mol. The van der Waals surface area contributed by atoms with Crippen LogP contribution in [0, 0.1) is 13.8 Å². The van der Waals surface area contributed by atoms with Crippen LogP contribution in [0.3, 0.4) is 0 Å². The normalized spacial score (nSPS) is 13.2. The highest BCUT2D eigenvalue weighted by molar-refractivity contribution is 5.85. The average Bonchev–Trinajstić information content (AvgIpc) is 2.78. The molecule has 0 unspecified atom stereocenters. The second kappa shape index (κ2) is 10.8. The number of anilines is 1. The molecule has 0 spiro atoms. The van der Waals surface area contributed by atoms with Gasteiger partial charge in [0.25, 0.3) is 0 Å². The van der Waals surface area contributed by atoms with Gasteiger partial charge >= 0.3 is 0 Å². The van der Waals surface area contributed by atoms with Crippen LogP contribution in [0.5, 0.6) is 0 Å². The Kier molecular flexibility index (Phi) is 9.50. The first kappa shape index (κ1) is 23.7. The maximum atomic E-state index is 4.76. The topological polar surface area (TPSA) is 67.7 Å². The number of nitrogens with one attached hydrogen (secondary N) is 2. The molecule has 2 aromatic heterocycles. The SMILES string of the molecule is CCc1nc2c(c(NCCn3nc(C)c(CC)c3C)n1)CCNCC2.Cl.Cl. The molecule has 0 atom stereocenters. The molecule has 0 aromatic carbocycles. The van der Waals surface area contributed by atoms with Crippen LogP contribution >= 0.6 is 24.8 Å². The molecule has 0 aliphatic carbocycles. The highest BCUT2D eigenvalue weighted by Gasteiger charge is 2.16. The first-order valence-corrected chi connectivity index (χ1v) is 9.50. The molecule has 1 aliphatic rings. The smallest absolute Gasteiger partial charge is 0.133 e. The fourth-order valence-corrected chi connectivity index (χ4v) is 3.64. The fourth-order valence-electron chi connectivity index (χ4n) is 3.64. The Labute approximate surface area is 174 Å². The van der Waals surface area contributed by atoms with Gasteiger partial charge in [-0.05, 0) is 38.8 Å². The molecule has 8 heteroatoms. The van der Waals surface area contributed by atoms with Crippen LogP contribution in [0.4, 0.5) is 5.82 Å². The van der Waals surface area contributed by atoms with Crippen LogP contribution in [0.1, 0.15) is 47.9 Å². The molecule has 1 aliphatic heterocycles. The van der Waals surface area contributed by atoms with Gasteiger partial charge in [0.2, 0.25) is 0 Å². The van der Waals surface area contributed by atoms with Crippen molar-refractivity contribution in [2.75, 3.05) is 25.0 Å². The summed E-state index contributed by atoms with van der Waals surface area (Å²) in [4.78, 5) is 9.51. The van der Waals surface area contributed by atoms with Crippen molar-refractivity contribution >= 4 is 30.6 Å². The van der Waals surface area contributed by atoms with Crippen molar-refractivity contribution in [1.29, 1.82) is 0 Å². The molecule has 0 amide bonds. The number of fused-ring (bicyclic) bond motifs is 1. The van der Waals surface area contributed by atoms with E-state index >= 15 is 0 Å². The lowest BCUT2D eigenvalue weighted by Gasteiger charge is -2.15. The molecule has 0 saturated carbocycles. The monoisotopic (exact) mass is 414 g/mol. The summed E-state index contributed by atoms with van der Waals surface area (Å²) < 4.78 is 2.11. The molecule has 3 heterocycles. The number of rotatable bonds is 6. The number of nitrogens with zero attached hydrogens (tertiary/aromatic N) is 4. The third kappa shape index (κ3) is 5.33. The highest BCUT2D eigenvalue weighted by atomic mass is 35.5. The van der Waals surface area contributed by atoms with Crippen molar-refractivity contribution in [2.45, 2.75) is 59.9 Å². The first-order valence-electron chi connectivity index (χ1n) is 9.50. The summed E-state index contributed by atoms with van der Waals surface area (Å²) in [6.07, 6.45) is 3.88. The summed E-state index contributed by atoms with van der Waals surface area (Å²) in [6.45, 7) is 12.2. The molecule has 2 aromatic rings. The molecule has 0 radical (unpaired) electrons. The summed E-state index contributed by atoms with van der Waals surface area (Å²) in [5, 5.41) is 11.7. The van der Waals surface area contributed by atoms with E-state index in [4.69, 9.17) is 9.97 Å². The quantitative estimate of drug-likeness (QED) is 0.759. The zero-order chi connectivity index (χ0) is 17.8. The van der Waals surface area contributed by atoms with Crippen molar-refractivity contribution in [3.05, 3.63) is 34.0 Å². The standard InChI is InChI=1S/C19H30N6.2ClH/c1-5-15-13(3)24-25(14(15)4)12-11-21-19-16-7-9-20-10-8-17(16)22-18(6-2)23-19;;/h20H,5-12H2,1-4H3,(H,21,22,23);2*1H. The summed E-state index contributed by atoms with van der Waals surface area (Å²) in [5.74, 6) is 1.95. The number of aryl methyl sites for hydroxylation is 2. The molecule has 6 nitrogen and oxygen atoms in total. The van der Waals surface area contributed by atoms with Crippen LogP contribution in [0.2, 0.25) is 0 Å². The van der Waals surface area contributed by atoms with Crippen molar-refractivity contribution in [3.8, 4) is 0 Å². The van der Waals surface area contributed by atoms with E-state index in [0.717, 1.165) is 69.2 Å². The van der Waals surface area contributed by atoms with Crippen molar-refractivity contribution < 1.29 is 0 Å². The molecular formula is C19H32Cl2N6. The molecule has 2 N–H and O–H groups in total. The Hall–Kier alpha value is -1.37. The van der Waals surface area contributed by atoms with Gasteiger partial charge in [0, 0.05) is 37.2 Å². The highest BCUT2D eigenvalue weighted by Crippen LogP contribution is 2.20. The first-order chi connectivity index (χ1) is 12.1. The van der Waals surface area contributed by atoms with Crippen molar-refractivity contribution in [3.63, 3.8) is 0 Å². The minimum Gasteiger partial charge on any atom is -0.368 e. The minimum absolute atomic E-state index is 0. The van der Waals surface area contributed by atoms with Crippen LogP contribution in [-0.4, -0.2) is 39.4 Å². The van der Waals surface area contributed by atoms with E-state index in [1.54, 1.807) is 0 Å². The zero-order valence-corrected chi connectivity index (χ0v) is 18.4. The van der Waals surface area contributed by atoms with Gasteiger partial charge in [-0.1, -0.05) is 13.8 Å². The second-order valence-electron chi connectivity index (χ2n) is 6.67. The van der Waals surface area contributed by atoms with Gasteiger partial charge in [0.15, 0.2) is 0 Å². The Morgan fingerprint density at radius 2 is 1.78 bits per heavy atom. The third-order valence-electron chi connectivity index (χ3n) is 5.05. The number of hydrogen-bond donors (Lipinski definition) is 2. The summed E-state index contributed by atoms with van der Waals surface area (Å²) in [5.41, 5.74) is 6.29. The largest absolute Gasteiger partial charge is 0.368 e. The van der Waals surface area contributed by atoms with Crippen molar-refractivity contribution in [2.24, 2.45) is 0 Å². The van der Waals surface area contributed by atoms with E-state index < -0.39 is 0 Å². The van der Waals surface area contributed by atoms with Gasteiger partial charge in [-0.25, -0.2) is 9.97 Å². The molecular weight excluding hydrogens is 383 g/mol. The van der Waals surface area contributed by atoms with Gasteiger partial charge < -0.3 is 10.6 Å². The predicted molar refractivity (Wildman–Crippen MR) is 116 cm³/mol. The second-order valence-corrected chi connectivity index (χ2v) is 6.67. The van der Waals surface area contributed by atoms with Crippen molar-refractivity contribution in [1.82, 2.24) is 25.1 Å². The number of halogens is 2. The Morgan fingerprint density at radius 1 is 1.04 bits per heavy atom. The molecule has 0 saturated heterocycles. The molecule has 0 fully saturated rings. The van der Waals surface area contributed by atoms with E-state index in [2.05, 4.69) is 48.1 Å². The molecule has 152 valence electrons. The van der Waals surface area contributed by atoms with Gasteiger partial charge in [-0.3, -0.25) is 4.68 Å². The van der Waals surface area contributed by atoms with E-state index in [9.17, 15) is 0 Å². The predicted octanol–water partition coefficient (Wildman–Crippen LogP) is 3.06. The van der Waals surface area contributed by atoms with Gasteiger partial charge in [-0.2, -0.15) is 5.10 Å².